The van der Waals surface area contributed by atoms with Gasteiger partial charge in [0.25, 0.3) is 0 Å². The molecule has 1 aliphatic rings. The van der Waals surface area contributed by atoms with E-state index in [1.165, 1.54) is 43.5 Å². The van der Waals surface area contributed by atoms with Crippen LogP contribution in [0.15, 0.2) is 17.5 Å². The SMILES string of the molecule is CC(C)(CNCC1CCCCC1)c1cccs1. The molecule has 1 aromatic heterocycles. The van der Waals surface area contributed by atoms with Crippen molar-refractivity contribution in [1.29, 1.82) is 0 Å². The number of nitrogens with one attached hydrogen (secondary N) is 1. The first-order valence-electron chi connectivity index (χ1n) is 6.93. The second kappa shape index (κ2) is 6.01. The Morgan fingerprint density at radius 1 is 1.29 bits per heavy atom. The molecule has 1 aromatic rings. The van der Waals surface area contributed by atoms with Gasteiger partial charge >= 0.3 is 0 Å². The van der Waals surface area contributed by atoms with Crippen LogP contribution < -0.4 is 5.32 Å². The quantitative estimate of drug-likeness (QED) is 0.827. The molecule has 1 fully saturated rings. The summed E-state index contributed by atoms with van der Waals surface area (Å²) >= 11 is 1.88. The predicted octanol–water partition coefficient (Wildman–Crippen LogP) is 4.20. The molecule has 1 aliphatic carbocycles. The molecule has 1 N–H and O–H groups in total. The minimum atomic E-state index is 0.281. The lowest BCUT2D eigenvalue weighted by Crippen LogP contribution is -2.35. The largest absolute Gasteiger partial charge is 0.316 e. The van der Waals surface area contributed by atoms with Gasteiger partial charge in [0.1, 0.15) is 0 Å². The van der Waals surface area contributed by atoms with Crippen molar-refractivity contribution in [2.45, 2.75) is 51.4 Å². The minimum Gasteiger partial charge on any atom is -0.316 e. The molecule has 0 saturated heterocycles. The van der Waals surface area contributed by atoms with Gasteiger partial charge in [-0.3, -0.25) is 0 Å². The molecule has 1 saturated carbocycles. The summed E-state index contributed by atoms with van der Waals surface area (Å²) in [6.45, 7) is 7.00. The Morgan fingerprint density at radius 2 is 2.06 bits per heavy atom. The van der Waals surface area contributed by atoms with Gasteiger partial charge in [-0.05, 0) is 36.8 Å². The van der Waals surface area contributed by atoms with Crippen molar-refractivity contribution in [3.63, 3.8) is 0 Å². The summed E-state index contributed by atoms with van der Waals surface area (Å²) in [5.74, 6) is 0.933. The van der Waals surface area contributed by atoms with E-state index in [0.717, 1.165) is 12.5 Å². The van der Waals surface area contributed by atoms with Gasteiger partial charge in [-0.2, -0.15) is 0 Å². The van der Waals surface area contributed by atoms with Crippen molar-refractivity contribution >= 4 is 11.3 Å². The lowest BCUT2D eigenvalue weighted by molar-refractivity contribution is 0.330. The van der Waals surface area contributed by atoms with Crippen LogP contribution in [0.25, 0.3) is 0 Å². The molecule has 1 heterocycles. The lowest BCUT2D eigenvalue weighted by atomic mass is 9.88. The molecule has 0 aliphatic heterocycles. The second-order valence-electron chi connectivity index (χ2n) is 6.00. The van der Waals surface area contributed by atoms with Gasteiger partial charge in [0.15, 0.2) is 0 Å². The summed E-state index contributed by atoms with van der Waals surface area (Å²) in [5, 5.41) is 5.87. The molecule has 2 heteroatoms. The van der Waals surface area contributed by atoms with E-state index in [2.05, 4.69) is 36.7 Å². The molecular weight excluding hydrogens is 226 g/mol. The second-order valence-corrected chi connectivity index (χ2v) is 6.94. The zero-order valence-corrected chi connectivity index (χ0v) is 12.0. The average molecular weight is 251 g/mol. The van der Waals surface area contributed by atoms with Crippen LogP contribution in [0.2, 0.25) is 0 Å². The lowest BCUT2D eigenvalue weighted by Gasteiger charge is -2.27. The van der Waals surface area contributed by atoms with E-state index in [-0.39, 0.29) is 5.41 Å². The summed E-state index contributed by atoms with van der Waals surface area (Å²) < 4.78 is 0. The van der Waals surface area contributed by atoms with Crippen molar-refractivity contribution in [2.75, 3.05) is 13.1 Å². The summed E-state index contributed by atoms with van der Waals surface area (Å²) in [6.07, 6.45) is 7.22. The Balaban J connectivity index is 1.74. The average Bonchev–Trinajstić information content (AvgIpc) is 2.84. The number of thiophene rings is 1. The smallest absolute Gasteiger partial charge is 0.0115 e. The van der Waals surface area contributed by atoms with Crippen LogP contribution >= 0.6 is 11.3 Å². The van der Waals surface area contributed by atoms with E-state index >= 15 is 0 Å². The maximum atomic E-state index is 3.69. The van der Waals surface area contributed by atoms with Crippen molar-refractivity contribution < 1.29 is 0 Å². The third-order valence-corrected chi connectivity index (χ3v) is 5.15. The number of rotatable bonds is 5. The van der Waals surface area contributed by atoms with Gasteiger partial charge in [0, 0.05) is 16.8 Å². The topological polar surface area (TPSA) is 12.0 Å². The molecule has 96 valence electrons. The Bertz CT molecular complexity index is 310. The first kappa shape index (κ1) is 13.1. The molecule has 0 atom stereocenters. The third kappa shape index (κ3) is 3.82. The Morgan fingerprint density at radius 3 is 2.71 bits per heavy atom. The highest BCUT2D eigenvalue weighted by Gasteiger charge is 2.22. The normalized spacial score (nSPS) is 18.5. The Kier molecular flexibility index (Phi) is 4.63. The first-order chi connectivity index (χ1) is 8.18. The highest BCUT2D eigenvalue weighted by molar-refractivity contribution is 7.10. The van der Waals surface area contributed by atoms with Crippen LogP contribution in [-0.2, 0) is 5.41 Å². The van der Waals surface area contributed by atoms with E-state index in [1.54, 1.807) is 0 Å². The predicted molar refractivity (Wildman–Crippen MR) is 76.8 cm³/mol. The van der Waals surface area contributed by atoms with E-state index in [0.29, 0.717) is 0 Å². The molecule has 17 heavy (non-hydrogen) atoms. The fraction of sp³-hybridized carbons (Fsp3) is 0.733. The molecule has 0 radical (unpaired) electrons. The van der Waals surface area contributed by atoms with Crippen LogP contribution in [0.4, 0.5) is 0 Å². The van der Waals surface area contributed by atoms with Crippen molar-refractivity contribution in [3.8, 4) is 0 Å². The molecule has 0 aromatic carbocycles. The molecule has 2 rings (SSSR count). The van der Waals surface area contributed by atoms with Gasteiger partial charge in [-0.1, -0.05) is 39.2 Å². The molecular formula is C15H25NS. The Hall–Kier alpha value is -0.340. The van der Waals surface area contributed by atoms with Crippen molar-refractivity contribution in [1.82, 2.24) is 5.32 Å². The minimum absolute atomic E-state index is 0.281. The zero-order chi connectivity index (χ0) is 12.1. The first-order valence-corrected chi connectivity index (χ1v) is 7.81. The highest BCUT2D eigenvalue weighted by atomic mass is 32.1. The number of hydrogen-bond acceptors (Lipinski definition) is 2. The van der Waals surface area contributed by atoms with Gasteiger partial charge in [-0.15, -0.1) is 11.3 Å². The van der Waals surface area contributed by atoms with Crippen LogP contribution in [-0.4, -0.2) is 13.1 Å². The summed E-state index contributed by atoms with van der Waals surface area (Å²) in [7, 11) is 0. The van der Waals surface area contributed by atoms with Gasteiger partial charge in [0.2, 0.25) is 0 Å². The molecule has 0 spiro atoms. The molecule has 0 unspecified atom stereocenters. The van der Waals surface area contributed by atoms with Crippen molar-refractivity contribution in [2.24, 2.45) is 5.92 Å². The fourth-order valence-corrected chi connectivity index (χ4v) is 3.58. The Labute approximate surface area is 110 Å². The van der Waals surface area contributed by atoms with Gasteiger partial charge in [0.05, 0.1) is 0 Å². The van der Waals surface area contributed by atoms with Gasteiger partial charge < -0.3 is 5.32 Å². The van der Waals surface area contributed by atoms with Crippen LogP contribution in [0, 0.1) is 5.92 Å². The third-order valence-electron chi connectivity index (χ3n) is 3.91. The van der Waals surface area contributed by atoms with Crippen LogP contribution in [0.5, 0.6) is 0 Å². The monoisotopic (exact) mass is 251 g/mol. The van der Waals surface area contributed by atoms with E-state index in [9.17, 15) is 0 Å². The zero-order valence-electron chi connectivity index (χ0n) is 11.2. The molecule has 1 nitrogen and oxygen atoms in total. The summed E-state index contributed by atoms with van der Waals surface area (Å²) in [6, 6.07) is 4.41. The number of hydrogen-bond donors (Lipinski definition) is 1. The maximum absolute atomic E-state index is 3.69. The molecule has 0 amide bonds. The summed E-state index contributed by atoms with van der Waals surface area (Å²) in [5.41, 5.74) is 0.281. The highest BCUT2D eigenvalue weighted by Crippen LogP contribution is 2.27. The molecule has 0 bridgehead atoms. The van der Waals surface area contributed by atoms with Crippen molar-refractivity contribution in [3.05, 3.63) is 22.4 Å². The van der Waals surface area contributed by atoms with E-state index in [4.69, 9.17) is 0 Å². The van der Waals surface area contributed by atoms with E-state index < -0.39 is 0 Å². The fourth-order valence-electron chi connectivity index (χ4n) is 2.73. The van der Waals surface area contributed by atoms with Gasteiger partial charge in [-0.25, -0.2) is 0 Å². The standard InChI is InChI=1S/C15H25NS/c1-15(2,14-9-6-10-17-14)12-16-11-13-7-4-3-5-8-13/h6,9-10,13,16H,3-5,7-8,11-12H2,1-2H3. The van der Waals surface area contributed by atoms with E-state index in [1.807, 2.05) is 11.3 Å². The van der Waals surface area contributed by atoms with Crippen LogP contribution in [0.1, 0.15) is 50.8 Å². The maximum Gasteiger partial charge on any atom is 0.0115 e. The summed E-state index contributed by atoms with van der Waals surface area (Å²) in [4.78, 5) is 1.49. The van der Waals surface area contributed by atoms with Crippen LogP contribution in [0.3, 0.4) is 0 Å².